The van der Waals surface area contributed by atoms with E-state index in [1.54, 1.807) is 0 Å². The summed E-state index contributed by atoms with van der Waals surface area (Å²) in [5.74, 6) is 0. The second-order valence-corrected chi connectivity index (χ2v) is 14.9. The van der Waals surface area contributed by atoms with Crippen LogP contribution in [0.2, 0.25) is 0 Å². The third-order valence-corrected chi connectivity index (χ3v) is 11.7. The molecule has 0 spiro atoms. The highest BCUT2D eigenvalue weighted by molar-refractivity contribution is 6.15. The maximum Gasteiger partial charge on any atom is 0.159 e. The van der Waals surface area contributed by atoms with Crippen LogP contribution in [-0.2, 0) is 0 Å². The number of para-hydroxylation sites is 3. The summed E-state index contributed by atoms with van der Waals surface area (Å²) in [4.78, 5) is 0. The van der Waals surface area contributed by atoms with Crippen LogP contribution in [-0.4, -0.2) is 9.13 Å². The fourth-order valence-electron chi connectivity index (χ4n) is 9.07. The molecule has 57 heavy (non-hydrogen) atoms. The predicted molar refractivity (Wildman–Crippen MR) is 239 cm³/mol. The van der Waals surface area contributed by atoms with E-state index in [-0.39, 0.29) is 0 Å². The molecular weight excluding hydrogens is 693 g/mol. The molecule has 0 bridgehead atoms. The summed E-state index contributed by atoms with van der Waals surface area (Å²) in [7, 11) is 0. The molecule has 0 N–H and O–H groups in total. The zero-order valence-electron chi connectivity index (χ0n) is 30.9. The maximum atomic E-state index is 6.71. The van der Waals surface area contributed by atoms with Gasteiger partial charge in [0.2, 0.25) is 0 Å². The van der Waals surface area contributed by atoms with Crippen LogP contribution < -0.4 is 0 Å². The zero-order chi connectivity index (χ0) is 37.5. The number of hydrogen-bond donors (Lipinski definition) is 0. The van der Waals surface area contributed by atoms with Crippen molar-refractivity contribution >= 4 is 65.6 Å². The van der Waals surface area contributed by atoms with Crippen molar-refractivity contribution in [3.05, 3.63) is 206 Å². The Bertz CT molecular complexity index is 3510. The lowest BCUT2D eigenvalue weighted by Gasteiger charge is -2.12. The van der Waals surface area contributed by atoms with Crippen LogP contribution in [0.15, 0.2) is 211 Å². The summed E-state index contributed by atoms with van der Waals surface area (Å²) in [5, 5.41) is 7.13. The smallest absolute Gasteiger partial charge is 0.159 e. The predicted octanol–water partition coefficient (Wildman–Crippen LogP) is 14.8. The van der Waals surface area contributed by atoms with Crippen molar-refractivity contribution in [1.29, 1.82) is 0 Å². The first-order valence-electron chi connectivity index (χ1n) is 19.5. The fraction of sp³-hybridized carbons (Fsp3) is 0. The Morgan fingerprint density at radius 2 is 0.772 bits per heavy atom. The first-order valence-corrected chi connectivity index (χ1v) is 19.5. The van der Waals surface area contributed by atoms with Crippen LogP contribution in [0.3, 0.4) is 0 Å². The Labute approximate surface area is 328 Å². The van der Waals surface area contributed by atoms with E-state index in [1.165, 1.54) is 60.4 Å². The molecule has 0 fully saturated rings. The summed E-state index contributed by atoms with van der Waals surface area (Å²) < 4.78 is 11.5. The lowest BCUT2D eigenvalue weighted by Crippen LogP contribution is -1.95. The van der Waals surface area contributed by atoms with Gasteiger partial charge in [-0.05, 0) is 100 Å². The molecule has 0 aliphatic rings. The van der Waals surface area contributed by atoms with Crippen molar-refractivity contribution in [3.63, 3.8) is 0 Å². The maximum absolute atomic E-state index is 6.71. The minimum atomic E-state index is 0.888. The van der Waals surface area contributed by atoms with Crippen molar-refractivity contribution in [2.24, 2.45) is 0 Å². The minimum Gasteiger partial charge on any atom is -0.454 e. The van der Waals surface area contributed by atoms with Gasteiger partial charge < -0.3 is 13.6 Å². The standard InChI is InChI=1S/C54H34N2O/c1-3-14-35(15-4-1)37-18-13-19-41(30-37)55-48-23-10-7-20-42(48)45-31-38(26-28-50(45)55)39-27-29-51-46(32-39)43-21-8-11-24-49(43)56(51)52-34-40(36-16-5-2-6-17-36)33-47-44-22-9-12-25-53(44)57-54(47)52/h1-34H. The van der Waals surface area contributed by atoms with E-state index in [0.717, 1.165) is 49.9 Å². The molecule has 266 valence electrons. The van der Waals surface area contributed by atoms with Crippen molar-refractivity contribution < 1.29 is 4.42 Å². The number of aromatic nitrogens is 2. The fourth-order valence-corrected chi connectivity index (χ4v) is 9.07. The van der Waals surface area contributed by atoms with E-state index in [1.807, 2.05) is 6.07 Å². The van der Waals surface area contributed by atoms with Gasteiger partial charge >= 0.3 is 0 Å². The van der Waals surface area contributed by atoms with Crippen LogP contribution in [0.25, 0.3) is 110 Å². The number of fused-ring (bicyclic) bond motifs is 9. The van der Waals surface area contributed by atoms with Gasteiger partial charge in [-0.15, -0.1) is 0 Å². The zero-order valence-corrected chi connectivity index (χ0v) is 30.9. The summed E-state index contributed by atoms with van der Waals surface area (Å²) in [6.45, 7) is 0. The number of nitrogens with zero attached hydrogens (tertiary/aromatic N) is 2. The molecule has 3 aromatic heterocycles. The Morgan fingerprint density at radius 1 is 0.281 bits per heavy atom. The van der Waals surface area contributed by atoms with Gasteiger partial charge in [-0.1, -0.05) is 140 Å². The normalized spacial score (nSPS) is 11.9. The van der Waals surface area contributed by atoms with E-state index < -0.39 is 0 Å². The van der Waals surface area contributed by atoms with Crippen molar-refractivity contribution in [2.75, 3.05) is 0 Å². The van der Waals surface area contributed by atoms with Crippen LogP contribution in [0.4, 0.5) is 0 Å². The molecule has 12 aromatic rings. The minimum absolute atomic E-state index is 0.888. The monoisotopic (exact) mass is 726 g/mol. The van der Waals surface area contributed by atoms with Gasteiger partial charge in [0, 0.05) is 38.0 Å². The SMILES string of the molecule is c1ccc(-c2cccc(-n3c4ccccc4c4cc(-c5ccc6c(c5)c5ccccc5n6-c5cc(-c6ccccc6)cc6c5oc5ccccc56)ccc43)c2)cc1. The van der Waals surface area contributed by atoms with Crippen molar-refractivity contribution in [3.8, 4) is 44.8 Å². The Balaban J connectivity index is 1.05. The molecular formula is C54H34N2O. The van der Waals surface area contributed by atoms with Gasteiger partial charge in [-0.2, -0.15) is 0 Å². The summed E-state index contributed by atoms with van der Waals surface area (Å²) in [6, 6.07) is 74.4. The number of hydrogen-bond acceptors (Lipinski definition) is 1. The highest BCUT2D eigenvalue weighted by atomic mass is 16.3. The first-order chi connectivity index (χ1) is 28.3. The molecule has 0 unspecified atom stereocenters. The average molecular weight is 727 g/mol. The molecule has 0 amide bonds. The Hall–Kier alpha value is -7.62. The second-order valence-electron chi connectivity index (χ2n) is 14.9. The van der Waals surface area contributed by atoms with E-state index in [9.17, 15) is 0 Å². The summed E-state index contributed by atoms with van der Waals surface area (Å²) in [6.07, 6.45) is 0. The van der Waals surface area contributed by atoms with Gasteiger partial charge in [0.25, 0.3) is 0 Å². The Kier molecular flexibility index (Phi) is 6.93. The summed E-state index contributed by atoms with van der Waals surface area (Å²) >= 11 is 0. The third-order valence-electron chi connectivity index (χ3n) is 11.7. The molecule has 0 aliphatic carbocycles. The molecule has 0 saturated heterocycles. The molecule has 12 rings (SSSR count). The van der Waals surface area contributed by atoms with Crippen LogP contribution in [0.1, 0.15) is 0 Å². The van der Waals surface area contributed by atoms with Gasteiger partial charge in [0.05, 0.1) is 27.8 Å². The highest BCUT2D eigenvalue weighted by Crippen LogP contribution is 2.42. The molecule has 0 atom stereocenters. The highest BCUT2D eigenvalue weighted by Gasteiger charge is 2.20. The average Bonchev–Trinajstić information content (AvgIpc) is 3.94. The molecule has 0 radical (unpaired) electrons. The summed E-state index contributed by atoms with van der Waals surface area (Å²) in [5.41, 5.74) is 15.8. The van der Waals surface area contributed by atoms with Crippen molar-refractivity contribution in [1.82, 2.24) is 9.13 Å². The largest absolute Gasteiger partial charge is 0.454 e. The van der Waals surface area contributed by atoms with E-state index >= 15 is 0 Å². The first kappa shape index (κ1) is 31.7. The van der Waals surface area contributed by atoms with E-state index in [0.29, 0.717) is 0 Å². The molecule has 3 heterocycles. The molecule has 3 heteroatoms. The molecule has 3 nitrogen and oxygen atoms in total. The van der Waals surface area contributed by atoms with Crippen LogP contribution in [0.5, 0.6) is 0 Å². The molecule has 0 aliphatic heterocycles. The molecule has 0 saturated carbocycles. The van der Waals surface area contributed by atoms with Gasteiger partial charge in [-0.25, -0.2) is 0 Å². The topological polar surface area (TPSA) is 23.0 Å². The van der Waals surface area contributed by atoms with Crippen molar-refractivity contribution in [2.45, 2.75) is 0 Å². The van der Waals surface area contributed by atoms with Crippen LogP contribution in [0, 0.1) is 0 Å². The van der Waals surface area contributed by atoms with E-state index in [2.05, 4.69) is 209 Å². The lowest BCUT2D eigenvalue weighted by atomic mass is 10.0. The second kappa shape index (κ2) is 12.5. The Morgan fingerprint density at radius 3 is 1.46 bits per heavy atom. The molecule has 9 aromatic carbocycles. The number of benzene rings is 9. The van der Waals surface area contributed by atoms with E-state index in [4.69, 9.17) is 4.42 Å². The van der Waals surface area contributed by atoms with Crippen LogP contribution >= 0.6 is 0 Å². The van der Waals surface area contributed by atoms with Gasteiger partial charge in [0.15, 0.2) is 5.58 Å². The van der Waals surface area contributed by atoms with Gasteiger partial charge in [-0.3, -0.25) is 0 Å². The third kappa shape index (κ3) is 4.92. The lowest BCUT2D eigenvalue weighted by molar-refractivity contribution is 0.666. The number of furan rings is 1. The number of rotatable bonds is 5. The quantitative estimate of drug-likeness (QED) is 0.173. The van der Waals surface area contributed by atoms with Gasteiger partial charge in [0.1, 0.15) is 5.58 Å².